The van der Waals surface area contributed by atoms with Gasteiger partial charge in [-0.15, -0.1) is 34.0 Å². The zero-order chi connectivity index (χ0) is 87.5. The Hall–Kier alpha value is -13.4. The molecule has 0 spiro atoms. The van der Waals surface area contributed by atoms with Crippen LogP contribution in [0.15, 0.2) is 376 Å². The van der Waals surface area contributed by atoms with E-state index >= 15 is 8.78 Å². The van der Waals surface area contributed by atoms with Crippen LogP contribution in [-0.4, -0.2) is 45.5 Å². The third-order valence-electron chi connectivity index (χ3n) is 23.9. The third kappa shape index (κ3) is 16.1. The summed E-state index contributed by atoms with van der Waals surface area (Å²) in [7, 11) is 0. The van der Waals surface area contributed by atoms with Crippen molar-refractivity contribution >= 4 is 145 Å². The van der Waals surface area contributed by atoms with Crippen molar-refractivity contribution in [2.45, 2.75) is 13.8 Å². The SMILES string of the molecule is C.N#Cc1cc(-c2nc(-c3ccccc3)nc(-c3ccccc3)n2)c(-n2c3ccccc3c3c4sc5ccccc5c4ccc32)c(-n2c3ccccc3c3c4sc5ccccc5c4ccc32)c1-c1ccccc1.N#Cc1cc(-c2nc(-c3ccccc3)nc(-c3ccccc3)n2)c(F)c(F)c1-c1ccccc1.O=CO[O-].[H-].[K+].[K+].c1ccc2c(c1)Cc1ccc3c(sc4ccccc43)c1-2. The van der Waals surface area contributed by atoms with Crippen LogP contribution in [0.5, 0.6) is 0 Å². The molecule has 0 amide bonds. The molecule has 0 saturated heterocycles. The number of aromatic nitrogens is 8. The van der Waals surface area contributed by atoms with E-state index in [1.54, 1.807) is 30.3 Å². The number of hydrogen-bond donors (Lipinski definition) is 0. The number of benzene rings is 17. The van der Waals surface area contributed by atoms with E-state index in [1.165, 1.54) is 99.6 Å². The molecular weight excluding hydrogens is 1760 g/mol. The average Bonchev–Trinajstić information content (AvgIpc) is 1.44. The number of fused-ring (bicyclic) bond motifs is 21. The average molecular weight is 1830 g/mol. The molecule has 624 valence electrons. The number of nitriles is 2. The number of halogens is 2. The summed E-state index contributed by atoms with van der Waals surface area (Å²) in [6.45, 7) is -0.181. The van der Waals surface area contributed by atoms with Gasteiger partial charge in [0.25, 0.3) is 6.47 Å². The zero-order valence-corrected chi connectivity index (χ0v) is 79.5. The molecule has 0 fully saturated rings. The minimum absolute atomic E-state index is 0. The van der Waals surface area contributed by atoms with E-state index in [0.717, 1.165) is 72.9 Å². The van der Waals surface area contributed by atoms with Gasteiger partial charge in [0, 0.05) is 127 Å². The first-order chi connectivity index (χ1) is 64.2. The first-order valence-corrected chi connectivity index (χ1v) is 44.4. The van der Waals surface area contributed by atoms with Crippen molar-refractivity contribution in [3.63, 3.8) is 0 Å². The molecule has 24 aromatic rings. The molecule has 0 saturated carbocycles. The Balaban J connectivity index is 0.000000159. The van der Waals surface area contributed by atoms with Crippen LogP contribution in [0, 0.1) is 34.3 Å². The summed E-state index contributed by atoms with van der Waals surface area (Å²) < 4.78 is 43.4. The zero-order valence-electron chi connectivity index (χ0n) is 71.8. The first-order valence-electron chi connectivity index (χ1n) is 42.0. The molecular formula is C113H70F2K2N10O3S3. The topological polar surface area (TPSA) is 184 Å². The number of hydrogen-bond acceptors (Lipinski definition) is 14. The molecule has 7 aromatic heterocycles. The number of para-hydroxylation sites is 2. The molecule has 25 rings (SSSR count). The molecule has 13 nitrogen and oxygen atoms in total. The Labute approximate surface area is 860 Å². The molecule has 0 N–H and O–H groups in total. The van der Waals surface area contributed by atoms with E-state index in [2.05, 4.69) is 241 Å². The van der Waals surface area contributed by atoms with E-state index in [0.29, 0.717) is 56.9 Å². The van der Waals surface area contributed by atoms with Gasteiger partial charge in [-0.2, -0.15) is 10.5 Å². The van der Waals surface area contributed by atoms with Crippen molar-refractivity contribution in [3.05, 3.63) is 410 Å². The molecule has 0 unspecified atom stereocenters. The van der Waals surface area contributed by atoms with Crippen molar-refractivity contribution in [2.24, 2.45) is 0 Å². The van der Waals surface area contributed by atoms with Crippen LogP contribution in [0.4, 0.5) is 8.78 Å². The van der Waals surface area contributed by atoms with Crippen molar-refractivity contribution < 1.29 is 128 Å². The molecule has 133 heavy (non-hydrogen) atoms. The van der Waals surface area contributed by atoms with Gasteiger partial charge in [-0.25, -0.2) is 38.7 Å². The van der Waals surface area contributed by atoms with Gasteiger partial charge in [0.05, 0.1) is 62.3 Å². The summed E-state index contributed by atoms with van der Waals surface area (Å²) in [5.41, 5.74) is 17.8. The van der Waals surface area contributed by atoms with Gasteiger partial charge in [-0.05, 0) is 88.8 Å². The summed E-state index contributed by atoms with van der Waals surface area (Å²) in [5, 5.41) is 42.2. The van der Waals surface area contributed by atoms with Gasteiger partial charge in [0.15, 0.2) is 46.6 Å². The Morgan fingerprint density at radius 1 is 0.323 bits per heavy atom. The normalized spacial score (nSPS) is 11.2. The second kappa shape index (κ2) is 38.4. The molecule has 0 aliphatic heterocycles. The quantitative estimate of drug-likeness (QED) is 0.0519. The maximum Gasteiger partial charge on any atom is 1.00 e. The van der Waals surface area contributed by atoms with Crippen LogP contribution in [-0.2, 0) is 16.1 Å². The third-order valence-corrected chi connectivity index (χ3v) is 27.5. The number of carbonyl (C=O) groups is 1. The fourth-order valence-corrected chi connectivity index (χ4v) is 22.0. The molecule has 20 heteroatoms. The van der Waals surface area contributed by atoms with E-state index in [9.17, 15) is 10.5 Å². The Bertz CT molecular complexity index is 8620. The summed E-state index contributed by atoms with van der Waals surface area (Å²) in [6.07, 6.45) is 1.08. The van der Waals surface area contributed by atoms with Gasteiger partial charge >= 0.3 is 103 Å². The van der Waals surface area contributed by atoms with Crippen LogP contribution in [0.3, 0.4) is 0 Å². The predicted molar refractivity (Wildman–Crippen MR) is 530 cm³/mol. The Morgan fingerprint density at radius 3 is 1.09 bits per heavy atom. The Morgan fingerprint density at radius 2 is 0.654 bits per heavy atom. The summed E-state index contributed by atoms with van der Waals surface area (Å²) in [6, 6.07) is 132. The van der Waals surface area contributed by atoms with Gasteiger partial charge in [-0.3, -0.25) is 4.79 Å². The van der Waals surface area contributed by atoms with Crippen molar-refractivity contribution in [1.29, 1.82) is 10.5 Å². The summed E-state index contributed by atoms with van der Waals surface area (Å²) in [4.78, 5) is 40.7. The molecule has 1 aliphatic rings. The molecule has 7 heterocycles. The van der Waals surface area contributed by atoms with Crippen LogP contribution in [0.1, 0.15) is 31.1 Å². The van der Waals surface area contributed by atoms with E-state index in [-0.39, 0.29) is 141 Å². The fraction of sp³-hybridized carbons (Fsp3) is 0.0177. The summed E-state index contributed by atoms with van der Waals surface area (Å²) in [5.74, 6) is -0.140. The van der Waals surface area contributed by atoms with Crippen LogP contribution in [0.25, 0.3) is 217 Å². The summed E-state index contributed by atoms with van der Waals surface area (Å²) >= 11 is 5.60. The van der Waals surface area contributed by atoms with Crippen LogP contribution >= 0.6 is 34.0 Å². The van der Waals surface area contributed by atoms with Gasteiger partial charge in [0.2, 0.25) is 0 Å². The second-order valence-electron chi connectivity index (χ2n) is 31.2. The standard InChI is InChI=1S/C64H36N6S2.C28H16F2N4.C19H12S.CH2O3.CH4.2K.H/c65-37-41-36-48(64-67-62(39-20-6-2-7-21-39)66-63(68-64)40-22-8-3-9-23-40)58(69-49-28-14-10-26-46(49)56-51(69)34-32-44-42-24-12-16-30-53(42)71-60(44)56)59(55(41)38-18-4-1-5-19-38)70-50-29-15-11-27-47(50)57-52(70)35-33-45-43-25-13-17-31-54(43)72-61(45)57;29-24-22(16-21(17-31)23(25(24)30)18-10-4-1-5-11-18)28-33-26(19-12-6-2-7-13-19)32-27(34-28)20-14-8-3-9-15-20;1-2-6-14-12(5-1)11-13-9-10-16-15-7-3-4-8-17(15)20-19(16)18(13)14;2-1-4-3;;;;/h1-36H;1-16H;1-10H,11H2;1,3H;1H4;;;/q;;;;;2*+1;-1/p-1. The molecule has 0 atom stereocenters. The smallest absolute Gasteiger partial charge is 1.00 e. The second-order valence-corrected chi connectivity index (χ2v) is 34.4. The van der Waals surface area contributed by atoms with Crippen molar-refractivity contribution in [2.75, 3.05) is 0 Å². The Kier molecular flexibility index (Phi) is 25.6. The molecule has 17 aromatic carbocycles. The van der Waals surface area contributed by atoms with Crippen LogP contribution < -0.4 is 108 Å². The maximum absolute atomic E-state index is 15.4. The minimum atomic E-state index is -1.12. The number of carbonyl (C=O) groups excluding carboxylic acids is 1. The maximum atomic E-state index is 15.4. The van der Waals surface area contributed by atoms with Gasteiger partial charge in [0.1, 0.15) is 0 Å². The minimum Gasteiger partial charge on any atom is -1.00 e. The number of rotatable bonds is 11. The van der Waals surface area contributed by atoms with Crippen molar-refractivity contribution in [3.8, 4) is 125 Å². The number of nitrogens with zero attached hydrogens (tertiary/aromatic N) is 10. The molecule has 1 aliphatic carbocycles. The predicted octanol–water partition coefficient (Wildman–Crippen LogP) is 22.8. The first kappa shape index (κ1) is 88.8. The van der Waals surface area contributed by atoms with E-state index in [1.807, 2.05) is 174 Å². The van der Waals surface area contributed by atoms with Crippen molar-refractivity contribution in [1.82, 2.24) is 39.0 Å². The van der Waals surface area contributed by atoms with Gasteiger partial charge in [-0.1, -0.05) is 329 Å². The fourth-order valence-electron chi connectivity index (χ4n) is 18.2. The van der Waals surface area contributed by atoms with Gasteiger partial charge < -0.3 is 20.7 Å². The van der Waals surface area contributed by atoms with E-state index < -0.39 is 11.6 Å². The van der Waals surface area contributed by atoms with E-state index in [4.69, 9.17) is 25.0 Å². The molecule has 0 bridgehead atoms. The van der Waals surface area contributed by atoms with Crippen LogP contribution in [0.2, 0.25) is 0 Å². The largest absolute Gasteiger partial charge is 1.00 e. The number of thiophene rings is 3. The monoisotopic (exact) mass is 1830 g/mol. The molecule has 0 radical (unpaired) electrons.